The van der Waals surface area contributed by atoms with Crippen LogP contribution in [-0.2, 0) is 21.7 Å². The second-order valence-corrected chi connectivity index (χ2v) is 15.0. The molecule has 2 aromatic carbocycles. The number of aryl methyl sites for hydroxylation is 1. The Bertz CT molecular complexity index is 875. The molecule has 2 aromatic rings. The SMILES string of the molecule is Cc1cc(C(C)(C)C)cc(C(C)(C)C)c1Sc1c(Br)cc(C(C)(C)C)cc1C(C)(C)C. The summed E-state index contributed by atoms with van der Waals surface area (Å²) >= 11 is 5.91. The standard InChI is InChI=1S/C29H43BrS/c1-18-14-19(26(2,3)4)15-21(28(8,9)10)24(18)31-25-22(29(11,12)13)16-20(17-23(25)30)27(5,6)7/h14-17H,1-13H3. The highest BCUT2D eigenvalue weighted by Crippen LogP contribution is 2.47. The Morgan fingerprint density at radius 3 is 1.32 bits per heavy atom. The molecule has 0 saturated carbocycles. The predicted octanol–water partition coefficient (Wildman–Crippen LogP) is 10.1. The molecule has 0 N–H and O–H groups in total. The molecule has 31 heavy (non-hydrogen) atoms. The molecule has 172 valence electrons. The summed E-state index contributed by atoms with van der Waals surface area (Å²) in [6.45, 7) is 30.1. The average Bonchev–Trinajstić information content (AvgIpc) is 2.53. The van der Waals surface area contributed by atoms with Crippen LogP contribution in [0.4, 0.5) is 0 Å². The molecule has 0 aliphatic heterocycles. The molecule has 0 heterocycles. The minimum absolute atomic E-state index is 0.0628. The summed E-state index contributed by atoms with van der Waals surface area (Å²) in [7, 11) is 0. The van der Waals surface area contributed by atoms with Gasteiger partial charge in [0.2, 0.25) is 0 Å². The van der Waals surface area contributed by atoms with Crippen molar-refractivity contribution < 1.29 is 0 Å². The smallest absolute Gasteiger partial charge is 0.0320 e. The molecular formula is C29H43BrS. The van der Waals surface area contributed by atoms with Gasteiger partial charge in [-0.05, 0) is 78.4 Å². The van der Waals surface area contributed by atoms with Crippen molar-refractivity contribution in [3.8, 4) is 0 Å². The van der Waals surface area contributed by atoms with Crippen LogP contribution in [0.3, 0.4) is 0 Å². The van der Waals surface area contributed by atoms with Gasteiger partial charge in [-0.15, -0.1) is 0 Å². The maximum atomic E-state index is 3.97. The number of hydrogen-bond acceptors (Lipinski definition) is 1. The molecule has 0 spiro atoms. The van der Waals surface area contributed by atoms with Crippen LogP contribution in [0.2, 0.25) is 0 Å². The number of halogens is 1. The summed E-state index contributed by atoms with van der Waals surface area (Å²) in [5, 5.41) is 0. The fourth-order valence-electron chi connectivity index (χ4n) is 3.69. The Hall–Kier alpha value is -0.730. The molecule has 0 unspecified atom stereocenters. The molecule has 0 nitrogen and oxygen atoms in total. The molecule has 0 saturated heterocycles. The molecule has 0 amide bonds. The van der Waals surface area contributed by atoms with Gasteiger partial charge in [0.15, 0.2) is 0 Å². The van der Waals surface area contributed by atoms with Crippen molar-refractivity contribution >= 4 is 27.7 Å². The normalized spacial score (nSPS) is 13.6. The van der Waals surface area contributed by atoms with E-state index in [4.69, 9.17) is 0 Å². The molecular weight excluding hydrogens is 460 g/mol. The van der Waals surface area contributed by atoms with E-state index in [1.807, 2.05) is 11.8 Å². The quantitative estimate of drug-likeness (QED) is 0.393. The fourth-order valence-corrected chi connectivity index (χ4v) is 5.92. The van der Waals surface area contributed by atoms with Gasteiger partial charge in [0.25, 0.3) is 0 Å². The second kappa shape index (κ2) is 8.56. The van der Waals surface area contributed by atoms with E-state index in [-0.39, 0.29) is 21.7 Å². The van der Waals surface area contributed by atoms with Gasteiger partial charge in [-0.2, -0.15) is 0 Å². The molecule has 0 radical (unpaired) electrons. The third-order valence-corrected chi connectivity index (χ3v) is 8.15. The van der Waals surface area contributed by atoms with E-state index in [1.165, 1.54) is 42.1 Å². The monoisotopic (exact) mass is 502 g/mol. The number of benzene rings is 2. The van der Waals surface area contributed by atoms with E-state index in [0.29, 0.717) is 0 Å². The summed E-state index contributed by atoms with van der Waals surface area (Å²) < 4.78 is 1.20. The van der Waals surface area contributed by atoms with E-state index in [9.17, 15) is 0 Å². The maximum absolute atomic E-state index is 3.97. The summed E-state index contributed by atoms with van der Waals surface area (Å²) in [6, 6.07) is 9.60. The van der Waals surface area contributed by atoms with Crippen molar-refractivity contribution in [2.45, 2.75) is 121 Å². The highest BCUT2D eigenvalue weighted by Gasteiger charge is 2.28. The lowest BCUT2D eigenvalue weighted by molar-refractivity contribution is 0.556. The zero-order valence-corrected chi connectivity index (χ0v) is 24.5. The van der Waals surface area contributed by atoms with Gasteiger partial charge in [0.05, 0.1) is 0 Å². The van der Waals surface area contributed by atoms with Gasteiger partial charge in [-0.3, -0.25) is 0 Å². The minimum Gasteiger partial charge on any atom is -0.0880 e. The van der Waals surface area contributed by atoms with Gasteiger partial charge < -0.3 is 0 Å². The van der Waals surface area contributed by atoms with Gasteiger partial charge >= 0.3 is 0 Å². The molecule has 2 rings (SSSR count). The van der Waals surface area contributed by atoms with E-state index >= 15 is 0 Å². The molecule has 2 heteroatoms. The van der Waals surface area contributed by atoms with Gasteiger partial charge in [-0.25, -0.2) is 0 Å². The zero-order valence-electron chi connectivity index (χ0n) is 22.1. The molecule has 0 aromatic heterocycles. The van der Waals surface area contributed by atoms with Crippen molar-refractivity contribution in [1.29, 1.82) is 0 Å². The van der Waals surface area contributed by atoms with Crippen LogP contribution in [0.5, 0.6) is 0 Å². The largest absolute Gasteiger partial charge is 0.0880 e. The second-order valence-electron chi connectivity index (χ2n) is 13.1. The van der Waals surface area contributed by atoms with Crippen LogP contribution < -0.4 is 0 Å². The Labute approximate surface area is 205 Å². The lowest BCUT2D eigenvalue weighted by Gasteiger charge is -2.31. The van der Waals surface area contributed by atoms with E-state index in [0.717, 1.165) is 0 Å². The van der Waals surface area contributed by atoms with Gasteiger partial charge in [0, 0.05) is 14.3 Å². The van der Waals surface area contributed by atoms with Crippen molar-refractivity contribution in [1.82, 2.24) is 0 Å². The Kier molecular flexibility index (Phi) is 7.33. The Balaban J connectivity index is 2.79. The van der Waals surface area contributed by atoms with Crippen molar-refractivity contribution in [2.24, 2.45) is 0 Å². The van der Waals surface area contributed by atoms with Crippen LogP contribution >= 0.6 is 27.7 Å². The van der Waals surface area contributed by atoms with Crippen LogP contribution in [0, 0.1) is 6.92 Å². The topological polar surface area (TPSA) is 0 Å². The third kappa shape index (κ3) is 6.20. The minimum atomic E-state index is 0.0628. The van der Waals surface area contributed by atoms with Crippen molar-refractivity contribution in [3.05, 3.63) is 56.6 Å². The maximum Gasteiger partial charge on any atom is 0.0320 e. The predicted molar refractivity (Wildman–Crippen MR) is 144 cm³/mol. The lowest BCUT2D eigenvalue weighted by Crippen LogP contribution is -2.19. The van der Waals surface area contributed by atoms with Crippen molar-refractivity contribution in [3.63, 3.8) is 0 Å². The number of rotatable bonds is 2. The first-order valence-electron chi connectivity index (χ1n) is 11.4. The van der Waals surface area contributed by atoms with Gasteiger partial charge in [0.1, 0.15) is 0 Å². The molecule has 0 aliphatic rings. The summed E-state index contributed by atoms with van der Waals surface area (Å²) in [6.07, 6.45) is 0. The summed E-state index contributed by atoms with van der Waals surface area (Å²) in [4.78, 5) is 2.74. The van der Waals surface area contributed by atoms with Gasteiger partial charge in [-0.1, -0.05) is 113 Å². The average molecular weight is 504 g/mol. The Morgan fingerprint density at radius 2 is 0.935 bits per heavy atom. The van der Waals surface area contributed by atoms with E-state index < -0.39 is 0 Å². The zero-order chi connectivity index (χ0) is 24.2. The highest BCUT2D eigenvalue weighted by molar-refractivity contribution is 9.10. The Morgan fingerprint density at radius 1 is 0.548 bits per heavy atom. The van der Waals surface area contributed by atoms with Crippen molar-refractivity contribution in [2.75, 3.05) is 0 Å². The highest BCUT2D eigenvalue weighted by atomic mass is 79.9. The molecule has 0 aliphatic carbocycles. The van der Waals surface area contributed by atoms with Crippen LogP contribution in [0.15, 0.2) is 38.5 Å². The first-order chi connectivity index (χ1) is 13.7. The first kappa shape index (κ1) is 26.5. The molecule has 0 atom stereocenters. The van der Waals surface area contributed by atoms with Crippen LogP contribution in [0.25, 0.3) is 0 Å². The van der Waals surface area contributed by atoms with Crippen LogP contribution in [0.1, 0.15) is 111 Å². The summed E-state index contributed by atoms with van der Waals surface area (Å²) in [5.41, 5.74) is 7.41. The lowest BCUT2D eigenvalue weighted by atomic mass is 9.79. The van der Waals surface area contributed by atoms with E-state index in [2.05, 4.69) is 130 Å². The molecule has 0 fully saturated rings. The fraction of sp³-hybridized carbons (Fsp3) is 0.586. The third-order valence-electron chi connectivity index (χ3n) is 5.87. The molecule has 0 bridgehead atoms. The van der Waals surface area contributed by atoms with E-state index in [1.54, 1.807) is 0 Å². The summed E-state index contributed by atoms with van der Waals surface area (Å²) in [5.74, 6) is 0. The number of hydrogen-bond donors (Lipinski definition) is 0. The first-order valence-corrected chi connectivity index (χ1v) is 13.0. The van der Waals surface area contributed by atoms with Crippen LogP contribution in [-0.4, -0.2) is 0 Å².